The van der Waals surface area contributed by atoms with Crippen molar-refractivity contribution in [2.75, 3.05) is 0 Å². The maximum atomic E-state index is 10.9. The largest absolute Gasteiger partial charge is 0.481 e. The first-order chi connectivity index (χ1) is 7.59. The molecule has 0 heterocycles. The van der Waals surface area contributed by atoms with Crippen LogP contribution in [0.1, 0.15) is 49.7 Å². The second kappa shape index (κ2) is 4.28. The van der Waals surface area contributed by atoms with E-state index in [9.17, 15) is 4.79 Å². The first-order valence-electron chi connectivity index (χ1n) is 5.92. The zero-order valence-corrected chi connectivity index (χ0v) is 9.81. The van der Waals surface area contributed by atoms with E-state index in [2.05, 4.69) is 38.1 Å². The fraction of sp³-hybridized carbons (Fsp3) is 0.500. The molecule has 86 valence electrons. The molecule has 2 nitrogen and oxygen atoms in total. The van der Waals surface area contributed by atoms with Crippen molar-refractivity contribution in [3.05, 3.63) is 35.4 Å². The molecule has 0 aromatic heterocycles. The van der Waals surface area contributed by atoms with Crippen LogP contribution in [0.15, 0.2) is 24.3 Å². The van der Waals surface area contributed by atoms with Crippen LogP contribution < -0.4 is 0 Å². The van der Waals surface area contributed by atoms with Crippen molar-refractivity contribution in [1.82, 2.24) is 0 Å². The summed E-state index contributed by atoms with van der Waals surface area (Å²) < 4.78 is 0. The summed E-state index contributed by atoms with van der Waals surface area (Å²) in [6.45, 7) is 4.33. The molecule has 2 rings (SSSR count). The molecule has 0 bridgehead atoms. The maximum absolute atomic E-state index is 10.9. The van der Waals surface area contributed by atoms with Gasteiger partial charge in [0.05, 0.1) is 5.92 Å². The number of hydrogen-bond donors (Lipinski definition) is 1. The fourth-order valence-corrected chi connectivity index (χ4v) is 2.32. The van der Waals surface area contributed by atoms with E-state index in [-0.39, 0.29) is 11.8 Å². The molecule has 0 saturated heterocycles. The SMILES string of the molecule is CC(C)c1ccc(C2CCC2C(=O)O)cc1. The molecular formula is C14H18O2. The number of aliphatic carboxylic acids is 1. The quantitative estimate of drug-likeness (QED) is 0.844. The predicted molar refractivity (Wildman–Crippen MR) is 63.6 cm³/mol. The number of benzene rings is 1. The molecule has 0 amide bonds. The minimum absolute atomic E-state index is 0.162. The van der Waals surface area contributed by atoms with Crippen LogP contribution >= 0.6 is 0 Å². The second-order valence-corrected chi connectivity index (χ2v) is 4.95. The van der Waals surface area contributed by atoms with E-state index in [1.54, 1.807) is 0 Å². The van der Waals surface area contributed by atoms with E-state index in [0.29, 0.717) is 5.92 Å². The van der Waals surface area contributed by atoms with E-state index < -0.39 is 5.97 Å². The highest BCUT2D eigenvalue weighted by molar-refractivity contribution is 5.72. The zero-order chi connectivity index (χ0) is 11.7. The molecule has 2 heteroatoms. The monoisotopic (exact) mass is 218 g/mol. The zero-order valence-electron chi connectivity index (χ0n) is 9.81. The first-order valence-corrected chi connectivity index (χ1v) is 5.92. The first kappa shape index (κ1) is 11.2. The average Bonchev–Trinajstić information content (AvgIpc) is 2.15. The van der Waals surface area contributed by atoms with E-state index in [4.69, 9.17) is 5.11 Å². The molecular weight excluding hydrogens is 200 g/mol. The van der Waals surface area contributed by atoms with Crippen molar-refractivity contribution in [2.24, 2.45) is 5.92 Å². The molecule has 0 spiro atoms. The Labute approximate surface area is 96.3 Å². The van der Waals surface area contributed by atoms with Crippen LogP contribution in [0.5, 0.6) is 0 Å². The van der Waals surface area contributed by atoms with Crippen LogP contribution in [0.4, 0.5) is 0 Å². The number of carboxylic acid groups (broad SMARTS) is 1. The highest BCUT2D eigenvalue weighted by atomic mass is 16.4. The molecule has 1 aliphatic carbocycles. The lowest BCUT2D eigenvalue weighted by Crippen LogP contribution is -2.30. The highest BCUT2D eigenvalue weighted by Gasteiger charge is 2.37. The van der Waals surface area contributed by atoms with Crippen molar-refractivity contribution in [1.29, 1.82) is 0 Å². The fourth-order valence-electron chi connectivity index (χ4n) is 2.32. The Morgan fingerprint density at radius 1 is 1.25 bits per heavy atom. The van der Waals surface area contributed by atoms with Crippen molar-refractivity contribution < 1.29 is 9.90 Å². The van der Waals surface area contributed by atoms with Crippen LogP contribution in [-0.2, 0) is 4.79 Å². The average molecular weight is 218 g/mol. The van der Waals surface area contributed by atoms with Crippen LogP contribution in [0.25, 0.3) is 0 Å². The summed E-state index contributed by atoms with van der Waals surface area (Å²) in [6, 6.07) is 8.43. The van der Waals surface area contributed by atoms with Gasteiger partial charge in [0.15, 0.2) is 0 Å². The second-order valence-electron chi connectivity index (χ2n) is 4.95. The number of hydrogen-bond acceptors (Lipinski definition) is 1. The van der Waals surface area contributed by atoms with Crippen molar-refractivity contribution in [3.63, 3.8) is 0 Å². The van der Waals surface area contributed by atoms with Crippen LogP contribution in [0.3, 0.4) is 0 Å². The third-order valence-corrected chi connectivity index (χ3v) is 3.62. The van der Waals surface area contributed by atoms with Gasteiger partial charge in [-0.2, -0.15) is 0 Å². The van der Waals surface area contributed by atoms with Gasteiger partial charge in [-0.15, -0.1) is 0 Å². The molecule has 1 aliphatic rings. The topological polar surface area (TPSA) is 37.3 Å². The molecule has 1 N–H and O–H groups in total. The third-order valence-electron chi connectivity index (χ3n) is 3.62. The Bertz CT molecular complexity index is 378. The van der Waals surface area contributed by atoms with E-state index in [0.717, 1.165) is 12.8 Å². The summed E-state index contributed by atoms with van der Waals surface area (Å²) in [5.41, 5.74) is 2.50. The molecule has 1 fully saturated rings. The third kappa shape index (κ3) is 1.97. The van der Waals surface area contributed by atoms with E-state index in [1.165, 1.54) is 11.1 Å². The maximum Gasteiger partial charge on any atom is 0.307 e. The molecule has 0 radical (unpaired) electrons. The van der Waals surface area contributed by atoms with Crippen molar-refractivity contribution >= 4 is 5.97 Å². The molecule has 2 unspecified atom stereocenters. The van der Waals surface area contributed by atoms with E-state index in [1.807, 2.05) is 0 Å². The summed E-state index contributed by atoms with van der Waals surface area (Å²) >= 11 is 0. The van der Waals surface area contributed by atoms with Gasteiger partial charge in [0, 0.05) is 0 Å². The Balaban J connectivity index is 2.13. The van der Waals surface area contributed by atoms with Crippen LogP contribution in [-0.4, -0.2) is 11.1 Å². The van der Waals surface area contributed by atoms with Gasteiger partial charge in [-0.1, -0.05) is 38.1 Å². The lowest BCUT2D eigenvalue weighted by atomic mass is 9.70. The number of carboxylic acids is 1. The minimum Gasteiger partial charge on any atom is -0.481 e. The smallest absolute Gasteiger partial charge is 0.307 e. The Morgan fingerprint density at radius 2 is 1.88 bits per heavy atom. The number of rotatable bonds is 3. The van der Waals surface area contributed by atoms with Crippen molar-refractivity contribution in [3.8, 4) is 0 Å². The minimum atomic E-state index is -0.649. The normalized spacial score (nSPS) is 24.2. The number of carbonyl (C=O) groups is 1. The summed E-state index contributed by atoms with van der Waals surface area (Å²) in [5.74, 6) is -0.0430. The van der Waals surface area contributed by atoms with Gasteiger partial charge in [0.25, 0.3) is 0 Å². The van der Waals surface area contributed by atoms with Gasteiger partial charge in [-0.25, -0.2) is 0 Å². The summed E-state index contributed by atoms with van der Waals surface area (Å²) in [4.78, 5) is 10.9. The molecule has 1 aromatic rings. The standard InChI is InChI=1S/C14H18O2/c1-9(2)10-3-5-11(6-4-10)12-7-8-13(12)14(15)16/h3-6,9,12-13H,7-8H2,1-2H3,(H,15,16). The highest BCUT2D eigenvalue weighted by Crippen LogP contribution is 2.42. The van der Waals surface area contributed by atoms with Gasteiger partial charge >= 0.3 is 5.97 Å². The molecule has 1 aromatic carbocycles. The molecule has 2 atom stereocenters. The van der Waals surface area contributed by atoms with Gasteiger partial charge in [-0.3, -0.25) is 4.79 Å². The Hall–Kier alpha value is -1.31. The molecule has 0 aliphatic heterocycles. The Morgan fingerprint density at radius 3 is 2.25 bits per heavy atom. The molecule has 1 saturated carbocycles. The Kier molecular flexibility index (Phi) is 2.99. The van der Waals surface area contributed by atoms with Gasteiger partial charge in [0.2, 0.25) is 0 Å². The van der Waals surface area contributed by atoms with E-state index >= 15 is 0 Å². The lowest BCUT2D eigenvalue weighted by molar-refractivity contribution is -0.145. The summed E-state index contributed by atoms with van der Waals surface area (Å²) in [7, 11) is 0. The predicted octanol–water partition coefficient (Wildman–Crippen LogP) is 3.39. The van der Waals surface area contributed by atoms with Gasteiger partial charge in [0.1, 0.15) is 0 Å². The van der Waals surface area contributed by atoms with Crippen LogP contribution in [0, 0.1) is 5.92 Å². The van der Waals surface area contributed by atoms with Gasteiger partial charge < -0.3 is 5.11 Å². The van der Waals surface area contributed by atoms with Crippen molar-refractivity contribution in [2.45, 2.75) is 38.5 Å². The van der Waals surface area contributed by atoms with Gasteiger partial charge in [-0.05, 0) is 35.8 Å². The molecule has 16 heavy (non-hydrogen) atoms. The summed E-state index contributed by atoms with van der Waals surface area (Å²) in [6.07, 6.45) is 1.84. The summed E-state index contributed by atoms with van der Waals surface area (Å²) in [5, 5.41) is 9.01. The van der Waals surface area contributed by atoms with Crippen LogP contribution in [0.2, 0.25) is 0 Å². The lowest BCUT2D eigenvalue weighted by Gasteiger charge is -2.33.